The van der Waals surface area contributed by atoms with Gasteiger partial charge in [0.05, 0.1) is 5.69 Å². The summed E-state index contributed by atoms with van der Waals surface area (Å²) in [5, 5.41) is 4.19. The first kappa shape index (κ1) is 22.4. The van der Waals surface area contributed by atoms with Crippen LogP contribution >= 0.6 is 0 Å². The van der Waals surface area contributed by atoms with Crippen molar-refractivity contribution in [1.82, 2.24) is 19.9 Å². The monoisotopic (exact) mass is 474 g/mol. The summed E-state index contributed by atoms with van der Waals surface area (Å²) in [5.74, 6) is 1.51. The second-order valence-corrected chi connectivity index (χ2v) is 9.97. The van der Waals surface area contributed by atoms with Crippen LogP contribution < -0.4 is 5.32 Å². The number of imidazole rings is 1. The molecule has 0 aliphatic carbocycles. The summed E-state index contributed by atoms with van der Waals surface area (Å²) in [7, 11) is 0. The Hall–Kier alpha value is -4.12. The molecule has 0 bridgehead atoms. The van der Waals surface area contributed by atoms with Gasteiger partial charge in [-0.2, -0.15) is 0 Å². The molecule has 1 aliphatic heterocycles. The Morgan fingerprint density at radius 3 is 2.61 bits per heavy atom. The number of fused-ring (bicyclic) bond motifs is 2. The van der Waals surface area contributed by atoms with Gasteiger partial charge in [0.15, 0.2) is 0 Å². The van der Waals surface area contributed by atoms with E-state index in [0.717, 1.165) is 47.4 Å². The fourth-order valence-electron chi connectivity index (χ4n) is 5.11. The molecule has 0 saturated heterocycles. The third kappa shape index (κ3) is 4.33. The van der Waals surface area contributed by atoms with E-state index in [1.165, 1.54) is 22.3 Å². The fourth-order valence-corrected chi connectivity index (χ4v) is 5.11. The van der Waals surface area contributed by atoms with Gasteiger partial charge < -0.3 is 14.9 Å². The molecule has 0 spiro atoms. The van der Waals surface area contributed by atoms with Crippen LogP contribution in [0.15, 0.2) is 79.1 Å². The first-order valence-electron chi connectivity index (χ1n) is 12.6. The summed E-state index contributed by atoms with van der Waals surface area (Å²) in [6, 6.07) is 23.1. The van der Waals surface area contributed by atoms with Crippen molar-refractivity contribution in [2.75, 3.05) is 6.54 Å². The van der Waals surface area contributed by atoms with Gasteiger partial charge in [-0.3, -0.25) is 4.79 Å². The van der Waals surface area contributed by atoms with E-state index in [4.69, 9.17) is 4.98 Å². The topological polar surface area (TPSA) is 62.7 Å². The molecule has 2 aromatic heterocycles. The smallest absolute Gasteiger partial charge is 0.251 e. The van der Waals surface area contributed by atoms with Gasteiger partial charge in [-0.25, -0.2) is 4.98 Å². The summed E-state index contributed by atoms with van der Waals surface area (Å²) in [6.45, 7) is 5.84. The zero-order valence-corrected chi connectivity index (χ0v) is 20.7. The maximum atomic E-state index is 12.7. The zero-order chi connectivity index (χ0) is 24.6. The molecule has 6 rings (SSSR count). The summed E-state index contributed by atoms with van der Waals surface area (Å²) in [4.78, 5) is 20.8. The van der Waals surface area contributed by atoms with E-state index in [1.807, 2.05) is 30.5 Å². The number of benzene rings is 3. The van der Waals surface area contributed by atoms with Crippen LogP contribution in [-0.2, 0) is 13.0 Å². The molecule has 0 fully saturated rings. The number of aromatic amines is 1. The lowest BCUT2D eigenvalue weighted by atomic mass is 9.99. The van der Waals surface area contributed by atoms with E-state index < -0.39 is 0 Å². The quantitative estimate of drug-likeness (QED) is 0.314. The molecule has 3 heterocycles. The highest BCUT2D eigenvalue weighted by Crippen LogP contribution is 2.28. The third-order valence-corrected chi connectivity index (χ3v) is 7.48. The molecule has 0 radical (unpaired) electrons. The Balaban J connectivity index is 1.11. The van der Waals surface area contributed by atoms with Crippen LogP contribution in [0.25, 0.3) is 33.3 Å². The van der Waals surface area contributed by atoms with Crippen molar-refractivity contribution < 1.29 is 4.79 Å². The van der Waals surface area contributed by atoms with Crippen molar-refractivity contribution in [3.63, 3.8) is 0 Å². The van der Waals surface area contributed by atoms with Gasteiger partial charge in [0.1, 0.15) is 5.82 Å². The van der Waals surface area contributed by atoms with E-state index in [2.05, 4.69) is 77.4 Å². The van der Waals surface area contributed by atoms with Crippen LogP contribution in [-0.4, -0.2) is 27.0 Å². The van der Waals surface area contributed by atoms with Gasteiger partial charge in [-0.05, 0) is 72.7 Å². The number of hydrogen-bond donors (Lipinski definition) is 2. The molecule has 1 atom stereocenters. The van der Waals surface area contributed by atoms with Crippen LogP contribution in [0.1, 0.15) is 33.7 Å². The van der Waals surface area contributed by atoms with Crippen molar-refractivity contribution >= 4 is 16.8 Å². The molecule has 2 N–H and O–H groups in total. The Morgan fingerprint density at radius 1 is 0.972 bits per heavy atom. The zero-order valence-electron chi connectivity index (χ0n) is 20.7. The largest absolute Gasteiger partial charge is 0.361 e. The van der Waals surface area contributed by atoms with Crippen molar-refractivity contribution in [3.8, 4) is 22.4 Å². The Bertz CT molecular complexity index is 1560. The van der Waals surface area contributed by atoms with Crippen LogP contribution in [0.5, 0.6) is 0 Å². The van der Waals surface area contributed by atoms with Crippen molar-refractivity contribution in [3.05, 3.63) is 102 Å². The third-order valence-electron chi connectivity index (χ3n) is 7.48. The van der Waals surface area contributed by atoms with Crippen LogP contribution in [0.4, 0.5) is 0 Å². The Kier molecular flexibility index (Phi) is 5.68. The highest BCUT2D eigenvalue weighted by molar-refractivity contribution is 5.98. The summed E-state index contributed by atoms with van der Waals surface area (Å²) < 4.78 is 2.26. The van der Waals surface area contributed by atoms with E-state index >= 15 is 0 Å². The summed E-state index contributed by atoms with van der Waals surface area (Å²) in [6.07, 6.45) is 6.01. The van der Waals surface area contributed by atoms with E-state index in [1.54, 1.807) is 0 Å². The van der Waals surface area contributed by atoms with Crippen molar-refractivity contribution in [2.24, 2.45) is 5.92 Å². The number of H-pyrrole nitrogens is 1. The van der Waals surface area contributed by atoms with Gasteiger partial charge in [-0.15, -0.1) is 0 Å². The normalized spacial score (nSPS) is 15.1. The lowest BCUT2D eigenvalue weighted by Gasteiger charge is -2.23. The predicted octanol–water partition coefficient (Wildman–Crippen LogP) is 6.31. The number of rotatable bonds is 5. The van der Waals surface area contributed by atoms with Gasteiger partial charge in [0.25, 0.3) is 5.91 Å². The van der Waals surface area contributed by atoms with Crippen molar-refractivity contribution in [2.45, 2.75) is 33.2 Å². The number of hydrogen-bond acceptors (Lipinski definition) is 2. The lowest BCUT2D eigenvalue weighted by Crippen LogP contribution is -2.33. The maximum absolute atomic E-state index is 12.7. The number of aromatic nitrogens is 3. The van der Waals surface area contributed by atoms with Crippen LogP contribution in [0, 0.1) is 19.8 Å². The molecule has 5 nitrogen and oxygen atoms in total. The fraction of sp³-hybridized carbons (Fsp3) is 0.226. The number of carbonyl (C=O) groups excluding carboxylic acids is 1. The highest BCUT2D eigenvalue weighted by Gasteiger charge is 2.21. The lowest BCUT2D eigenvalue weighted by molar-refractivity contribution is 0.0943. The average molecular weight is 475 g/mol. The molecule has 36 heavy (non-hydrogen) atoms. The summed E-state index contributed by atoms with van der Waals surface area (Å²) in [5.41, 5.74) is 8.98. The number of aryl methyl sites for hydroxylation is 3. The second-order valence-electron chi connectivity index (χ2n) is 9.97. The van der Waals surface area contributed by atoms with Gasteiger partial charge in [0.2, 0.25) is 0 Å². The molecule has 5 heteroatoms. The molecule has 1 aliphatic rings. The Morgan fingerprint density at radius 2 is 1.78 bits per heavy atom. The molecule has 1 unspecified atom stereocenters. The molecule has 180 valence electrons. The number of carbonyl (C=O) groups is 1. The SMILES string of the molecule is Cc1ccc(-c2ccc(-c3cn4c(n3)CCC(CNC(=O)c3ccc5[nH]ccc5c3)C4)cc2)cc1C. The minimum atomic E-state index is -0.0147. The van der Waals surface area contributed by atoms with Gasteiger partial charge >= 0.3 is 0 Å². The first-order chi connectivity index (χ1) is 17.5. The van der Waals surface area contributed by atoms with Crippen LogP contribution in [0.2, 0.25) is 0 Å². The highest BCUT2D eigenvalue weighted by atomic mass is 16.1. The molecule has 3 aromatic carbocycles. The molecule has 0 saturated carbocycles. The number of nitrogens with zero attached hydrogens (tertiary/aromatic N) is 2. The predicted molar refractivity (Wildman–Crippen MR) is 145 cm³/mol. The first-order valence-corrected chi connectivity index (χ1v) is 12.6. The minimum Gasteiger partial charge on any atom is -0.361 e. The molecular formula is C31H30N4O. The van der Waals surface area contributed by atoms with Gasteiger partial charge in [0, 0.05) is 53.9 Å². The van der Waals surface area contributed by atoms with Crippen LogP contribution in [0.3, 0.4) is 0 Å². The number of amides is 1. The maximum Gasteiger partial charge on any atom is 0.251 e. The van der Waals surface area contributed by atoms with E-state index in [9.17, 15) is 4.79 Å². The Labute approximate surface area is 211 Å². The average Bonchev–Trinajstić information content (AvgIpc) is 3.55. The van der Waals surface area contributed by atoms with Gasteiger partial charge in [-0.1, -0.05) is 42.5 Å². The minimum absolute atomic E-state index is 0.0147. The molecule has 5 aromatic rings. The second kappa shape index (κ2) is 9.15. The van der Waals surface area contributed by atoms with E-state index in [0.29, 0.717) is 18.0 Å². The van der Waals surface area contributed by atoms with Crippen molar-refractivity contribution in [1.29, 1.82) is 0 Å². The van der Waals surface area contributed by atoms with E-state index in [-0.39, 0.29) is 5.91 Å². The molecule has 1 amide bonds. The number of nitrogens with one attached hydrogen (secondary N) is 2. The molecular weight excluding hydrogens is 444 g/mol. The summed E-state index contributed by atoms with van der Waals surface area (Å²) >= 11 is 0. The standard InChI is InChI=1S/C31H30N4O/c1-20-3-5-25(15-21(20)2)23-6-8-24(9-7-23)29-19-35-18-22(4-12-30(35)34-29)17-33-31(36)27-10-11-28-26(16-27)13-14-32-28/h3,5-11,13-16,19,22,32H,4,12,17-18H2,1-2H3,(H,33,36).